The molecule has 0 bridgehead atoms. The molecule has 2 N–H and O–H groups in total. The minimum Gasteiger partial charge on any atom is -0.481 e. The van der Waals surface area contributed by atoms with Crippen molar-refractivity contribution in [3.05, 3.63) is 70.5 Å². The van der Waals surface area contributed by atoms with E-state index in [0.29, 0.717) is 34.8 Å². The number of aliphatic carboxylic acids is 1. The third-order valence-corrected chi connectivity index (χ3v) is 7.56. The summed E-state index contributed by atoms with van der Waals surface area (Å²) in [6.07, 6.45) is -2.70. The molecule has 2 aromatic carbocycles. The van der Waals surface area contributed by atoms with E-state index in [1.807, 2.05) is 0 Å². The fourth-order valence-electron chi connectivity index (χ4n) is 5.12. The van der Waals surface area contributed by atoms with Crippen molar-refractivity contribution in [2.45, 2.75) is 38.5 Å². The summed E-state index contributed by atoms with van der Waals surface area (Å²) in [7, 11) is 0. The van der Waals surface area contributed by atoms with E-state index in [9.17, 15) is 23.1 Å². The Bertz CT molecular complexity index is 1540. The van der Waals surface area contributed by atoms with Crippen LogP contribution in [0, 0.1) is 12.8 Å². The Morgan fingerprint density at radius 1 is 1.22 bits per heavy atom. The largest absolute Gasteiger partial charge is 0.481 e. The molecular formula is C28H27ClF3N5O4. The molecule has 1 fully saturated rings. The Labute approximate surface area is 238 Å². The van der Waals surface area contributed by atoms with Crippen molar-refractivity contribution in [2.75, 3.05) is 19.6 Å². The van der Waals surface area contributed by atoms with Crippen molar-refractivity contribution in [1.82, 2.24) is 24.8 Å². The lowest BCUT2D eigenvalue weighted by molar-refractivity contribution is -0.142. The number of piperidine rings is 1. The molecule has 4 aromatic rings. The summed E-state index contributed by atoms with van der Waals surface area (Å²) in [4.78, 5) is 17.3. The molecule has 2 unspecified atom stereocenters. The molecule has 13 heteroatoms. The Morgan fingerprint density at radius 2 is 1.98 bits per heavy atom. The van der Waals surface area contributed by atoms with Crippen LogP contribution in [0.3, 0.4) is 0 Å². The molecule has 5 rings (SSSR count). The number of rotatable bonds is 8. The number of aryl methyl sites for hydroxylation is 1. The van der Waals surface area contributed by atoms with Crippen LogP contribution in [0.4, 0.5) is 13.2 Å². The maximum absolute atomic E-state index is 14.2. The molecular weight excluding hydrogens is 563 g/mol. The van der Waals surface area contributed by atoms with Crippen LogP contribution in [0.25, 0.3) is 28.5 Å². The van der Waals surface area contributed by atoms with Crippen LogP contribution in [0.5, 0.6) is 0 Å². The predicted octanol–water partition coefficient (Wildman–Crippen LogP) is 5.79. The van der Waals surface area contributed by atoms with E-state index in [1.54, 1.807) is 31.2 Å². The van der Waals surface area contributed by atoms with Gasteiger partial charge in [0.1, 0.15) is 0 Å². The molecule has 0 saturated carbocycles. The zero-order valence-electron chi connectivity index (χ0n) is 22.0. The lowest BCUT2D eigenvalue weighted by atomic mass is 9.94. The maximum Gasteiger partial charge on any atom is 0.434 e. The number of likely N-dealkylation sites (tertiary alicyclic amines) is 1. The highest BCUT2D eigenvalue weighted by Crippen LogP contribution is 2.38. The van der Waals surface area contributed by atoms with Gasteiger partial charge in [-0.1, -0.05) is 41.0 Å². The summed E-state index contributed by atoms with van der Waals surface area (Å²) >= 11 is 6.03. The van der Waals surface area contributed by atoms with Gasteiger partial charge in [0.25, 0.3) is 5.89 Å². The number of aliphatic hydroxyl groups excluding tert-OH is 1. The van der Waals surface area contributed by atoms with E-state index in [-0.39, 0.29) is 35.3 Å². The average molecular weight is 590 g/mol. The first kappa shape index (κ1) is 28.8. The number of carboxylic acid groups (broad SMARTS) is 1. The zero-order valence-corrected chi connectivity index (χ0v) is 22.7. The Hall–Kier alpha value is -3.74. The van der Waals surface area contributed by atoms with E-state index >= 15 is 0 Å². The van der Waals surface area contributed by atoms with Gasteiger partial charge in [0.2, 0.25) is 5.82 Å². The Balaban J connectivity index is 1.33. The lowest BCUT2D eigenvalue weighted by Gasteiger charge is -2.33. The van der Waals surface area contributed by atoms with Crippen molar-refractivity contribution in [2.24, 2.45) is 5.92 Å². The quantitative estimate of drug-likeness (QED) is 0.265. The molecule has 2 aromatic heterocycles. The molecule has 0 aliphatic carbocycles. The third kappa shape index (κ3) is 6.45. The maximum atomic E-state index is 14.2. The number of hydrogen-bond acceptors (Lipinski definition) is 7. The van der Waals surface area contributed by atoms with E-state index in [4.69, 9.17) is 21.2 Å². The van der Waals surface area contributed by atoms with Gasteiger partial charge in [0.05, 0.1) is 23.6 Å². The number of aromatic nitrogens is 4. The van der Waals surface area contributed by atoms with Crippen LogP contribution in [-0.2, 0) is 11.0 Å². The second-order valence-corrected chi connectivity index (χ2v) is 10.6. The zero-order chi connectivity index (χ0) is 29.3. The molecule has 0 spiro atoms. The van der Waals surface area contributed by atoms with E-state index in [2.05, 4.69) is 20.1 Å². The summed E-state index contributed by atoms with van der Waals surface area (Å²) in [6, 6.07) is 11.1. The monoisotopic (exact) mass is 589 g/mol. The van der Waals surface area contributed by atoms with Gasteiger partial charge < -0.3 is 19.6 Å². The number of aliphatic hydroxyl groups is 1. The van der Waals surface area contributed by atoms with Crippen molar-refractivity contribution in [1.29, 1.82) is 0 Å². The molecule has 0 amide bonds. The van der Waals surface area contributed by atoms with Crippen LogP contribution >= 0.6 is 11.6 Å². The summed E-state index contributed by atoms with van der Waals surface area (Å²) in [5.74, 6) is -1.02. The number of halogens is 4. The van der Waals surface area contributed by atoms with Crippen LogP contribution in [0.15, 0.2) is 53.2 Å². The summed E-state index contributed by atoms with van der Waals surface area (Å²) in [5, 5.41) is 28.1. The molecule has 1 aliphatic rings. The van der Waals surface area contributed by atoms with Gasteiger partial charge in [-0.2, -0.15) is 23.3 Å². The molecule has 1 aliphatic heterocycles. The predicted molar refractivity (Wildman–Crippen MR) is 143 cm³/mol. The molecule has 3 heterocycles. The Kier molecular flexibility index (Phi) is 8.16. The van der Waals surface area contributed by atoms with Crippen molar-refractivity contribution in [3.8, 4) is 28.5 Å². The highest BCUT2D eigenvalue weighted by atomic mass is 35.5. The summed E-state index contributed by atoms with van der Waals surface area (Å²) < 4.78 is 48.5. The summed E-state index contributed by atoms with van der Waals surface area (Å²) in [5.41, 5.74) is 0.485. The minimum absolute atomic E-state index is 0.0588. The topological polar surface area (TPSA) is 118 Å². The van der Waals surface area contributed by atoms with E-state index in [0.717, 1.165) is 30.3 Å². The fraction of sp³-hybridized carbons (Fsp3) is 0.357. The Morgan fingerprint density at radius 3 is 2.66 bits per heavy atom. The second kappa shape index (κ2) is 11.6. The van der Waals surface area contributed by atoms with Crippen LogP contribution in [0.2, 0.25) is 5.02 Å². The normalized spacial score (nSPS) is 17.1. The number of carbonyl (C=O) groups is 1. The molecule has 216 valence electrons. The number of carboxylic acids is 1. The van der Waals surface area contributed by atoms with E-state index in [1.165, 1.54) is 18.2 Å². The first-order valence-electron chi connectivity index (χ1n) is 13.0. The summed E-state index contributed by atoms with van der Waals surface area (Å²) in [6.45, 7) is 3.44. The number of β-amino-alcohol motifs (C(OH)–C–C–N with tert-alkyl or cyclic N) is 1. The molecule has 1 saturated heterocycles. The first-order valence-corrected chi connectivity index (χ1v) is 13.4. The van der Waals surface area contributed by atoms with Gasteiger partial charge in [-0.25, -0.2) is 4.68 Å². The molecule has 0 radical (unpaired) electrons. The average Bonchev–Trinajstić information content (AvgIpc) is 3.58. The van der Waals surface area contributed by atoms with Gasteiger partial charge in [-0.3, -0.25) is 4.79 Å². The second-order valence-electron chi connectivity index (χ2n) is 10.2. The smallest absolute Gasteiger partial charge is 0.434 e. The number of hydrogen-bond donors (Lipinski definition) is 2. The number of alkyl halides is 3. The van der Waals surface area contributed by atoms with Crippen molar-refractivity contribution >= 4 is 17.6 Å². The van der Waals surface area contributed by atoms with Gasteiger partial charge in [-0.05, 0) is 61.6 Å². The minimum atomic E-state index is -4.77. The van der Waals surface area contributed by atoms with Gasteiger partial charge >= 0.3 is 12.1 Å². The fourth-order valence-corrected chi connectivity index (χ4v) is 5.24. The molecule has 9 nitrogen and oxygen atoms in total. The van der Waals surface area contributed by atoms with Crippen LogP contribution < -0.4 is 0 Å². The standard InChI is InChI=1S/C28H27ClF3N5O4/c1-16-11-20(8-9-22(16)29)37-25(28(30,31)32)21(13-33-37)27-34-26(35-41-27)19-6-4-18(5-7-19)23(38)15-36-10-2-3-17(14-36)12-24(39)40/h4-9,11,13,17,23,38H,2-3,10,12,14-15H2,1H3,(H,39,40). The SMILES string of the molecule is Cc1cc(-n2ncc(-c3nc(-c4ccc(C(O)CN5CCCC(CC(=O)O)C5)cc4)no3)c2C(F)(F)F)ccc1Cl. The van der Waals surface area contributed by atoms with Gasteiger partial charge in [0, 0.05) is 30.1 Å². The number of benzene rings is 2. The molecule has 2 atom stereocenters. The number of nitrogens with zero attached hydrogens (tertiary/aromatic N) is 5. The van der Waals surface area contributed by atoms with Gasteiger partial charge in [-0.15, -0.1) is 0 Å². The molecule has 41 heavy (non-hydrogen) atoms. The van der Waals surface area contributed by atoms with Crippen LogP contribution in [0.1, 0.15) is 42.2 Å². The van der Waals surface area contributed by atoms with Crippen molar-refractivity contribution in [3.63, 3.8) is 0 Å². The van der Waals surface area contributed by atoms with Crippen molar-refractivity contribution < 1.29 is 32.7 Å². The third-order valence-electron chi connectivity index (χ3n) is 7.13. The lowest BCUT2D eigenvalue weighted by Crippen LogP contribution is -2.38. The van der Waals surface area contributed by atoms with Gasteiger partial charge in [0.15, 0.2) is 5.69 Å². The highest BCUT2D eigenvalue weighted by Gasteiger charge is 2.40. The van der Waals surface area contributed by atoms with E-state index < -0.39 is 23.9 Å². The van der Waals surface area contributed by atoms with Crippen LogP contribution in [-0.4, -0.2) is 60.6 Å². The first-order chi connectivity index (χ1) is 19.5. The highest BCUT2D eigenvalue weighted by molar-refractivity contribution is 6.31.